The fraction of sp³-hybridized carbons (Fsp3) is 0.111. The first kappa shape index (κ1) is 18.4. The summed E-state index contributed by atoms with van der Waals surface area (Å²) in [5.74, 6) is 0.520. The molecule has 122 valence electrons. The van der Waals surface area contributed by atoms with E-state index in [1.54, 1.807) is 24.3 Å². The topological polar surface area (TPSA) is 90.2 Å². The van der Waals surface area contributed by atoms with Crippen LogP contribution in [0.2, 0.25) is 0 Å². The van der Waals surface area contributed by atoms with Crippen LogP contribution in [0.15, 0.2) is 60.7 Å². The number of hydrogen-bond donors (Lipinski definition) is 4. The molecule has 0 spiro atoms. The average Bonchev–Trinajstić information content (AvgIpc) is 2.55. The van der Waals surface area contributed by atoms with Crippen LogP contribution in [-0.2, 0) is 5.04 Å². The maximum absolute atomic E-state index is 9.39. The molecule has 2 aromatic rings. The molecule has 0 aliphatic rings. The minimum Gasteiger partial charge on any atom is -0.508 e. The van der Waals surface area contributed by atoms with Gasteiger partial charge in [0.2, 0.25) is 0 Å². The lowest BCUT2D eigenvalue weighted by Crippen LogP contribution is -1.90. The van der Waals surface area contributed by atoms with Gasteiger partial charge in [0, 0.05) is 0 Å². The second-order valence-electron chi connectivity index (χ2n) is 4.58. The first-order valence-electron chi connectivity index (χ1n) is 6.94. The molecule has 0 saturated carbocycles. The van der Waals surface area contributed by atoms with Gasteiger partial charge in [-0.15, -0.1) is 0 Å². The van der Waals surface area contributed by atoms with E-state index in [9.17, 15) is 10.2 Å². The summed E-state index contributed by atoms with van der Waals surface area (Å²) < 4.78 is 0. The molecule has 0 aliphatic heterocycles. The van der Waals surface area contributed by atoms with E-state index >= 15 is 0 Å². The Bertz CT molecular complexity index is 595. The Morgan fingerprint density at radius 1 is 0.696 bits per heavy atom. The highest BCUT2D eigenvalue weighted by molar-refractivity contribution is 6.04. The molecule has 5 heteroatoms. The zero-order valence-corrected chi connectivity index (χ0v) is 13.0. The third-order valence-electron chi connectivity index (χ3n) is 3.22. The van der Waals surface area contributed by atoms with Crippen molar-refractivity contribution in [3.05, 3.63) is 71.8 Å². The van der Waals surface area contributed by atoms with Crippen LogP contribution in [0.25, 0.3) is 11.1 Å². The van der Waals surface area contributed by atoms with Gasteiger partial charge in [0.05, 0.1) is 0 Å². The van der Waals surface area contributed by atoms with Gasteiger partial charge in [0.15, 0.2) is 0 Å². The van der Waals surface area contributed by atoms with Gasteiger partial charge in [0.1, 0.15) is 11.5 Å². The van der Waals surface area contributed by atoms with Gasteiger partial charge in [-0.05, 0) is 60.4 Å². The largest absolute Gasteiger partial charge is 0.508 e. The highest BCUT2D eigenvalue weighted by Crippen LogP contribution is 2.32. The maximum Gasteiger partial charge on any atom is 0.115 e. The summed E-state index contributed by atoms with van der Waals surface area (Å²) in [6, 6.07) is 14.3. The molecule has 0 bridgehead atoms. The van der Waals surface area contributed by atoms with Crippen LogP contribution in [0.3, 0.4) is 0 Å². The molecule has 0 saturated heterocycles. The van der Waals surface area contributed by atoms with Gasteiger partial charge in [-0.1, -0.05) is 41.5 Å². The van der Waals surface area contributed by atoms with Gasteiger partial charge in [-0.25, -0.2) is 10.5 Å². The highest BCUT2D eigenvalue weighted by Gasteiger charge is 2.09. The Kier molecular flexibility index (Phi) is 7.56. The molecule has 0 radical (unpaired) electrons. The van der Waals surface area contributed by atoms with Crippen LogP contribution < -0.4 is 0 Å². The minimum atomic E-state index is 0.260. The molecule has 0 aromatic heterocycles. The van der Waals surface area contributed by atoms with Gasteiger partial charge < -0.3 is 10.2 Å². The Labute approximate surface area is 134 Å². The normalized spacial score (nSPS) is 11.7. The molecule has 5 nitrogen and oxygen atoms in total. The van der Waals surface area contributed by atoms with Crippen molar-refractivity contribution in [1.82, 2.24) is 0 Å². The number of aromatic hydroxyl groups is 2. The number of benzene rings is 2. The van der Waals surface area contributed by atoms with E-state index < -0.39 is 0 Å². The molecule has 4 N–H and O–H groups in total. The smallest absolute Gasteiger partial charge is 0.115 e. The molecular weight excluding hydrogens is 296 g/mol. The second kappa shape index (κ2) is 9.42. The van der Waals surface area contributed by atoms with E-state index in [2.05, 4.69) is 17.2 Å². The summed E-state index contributed by atoms with van der Waals surface area (Å²) in [5.41, 5.74) is 4.29. The predicted octanol–water partition coefficient (Wildman–Crippen LogP) is 4.55. The van der Waals surface area contributed by atoms with E-state index in [4.69, 9.17) is 10.5 Å². The van der Waals surface area contributed by atoms with Crippen molar-refractivity contribution in [2.75, 3.05) is 0 Å². The highest BCUT2D eigenvalue weighted by atomic mass is 17.4. The first-order valence-corrected chi connectivity index (χ1v) is 6.94. The molecule has 0 fully saturated rings. The Morgan fingerprint density at radius 3 is 1.17 bits per heavy atom. The van der Waals surface area contributed by atoms with Gasteiger partial charge in [0.25, 0.3) is 0 Å². The van der Waals surface area contributed by atoms with E-state index in [-0.39, 0.29) is 11.5 Å². The molecule has 2 aromatic carbocycles. The van der Waals surface area contributed by atoms with Crippen molar-refractivity contribution >= 4 is 11.1 Å². The summed E-state index contributed by atoms with van der Waals surface area (Å²) in [6.45, 7) is 3.98. The molecule has 0 heterocycles. The summed E-state index contributed by atoms with van der Waals surface area (Å²) in [5, 5.41) is 34.3. The Morgan fingerprint density at radius 2 is 0.957 bits per heavy atom. The van der Waals surface area contributed by atoms with Crippen molar-refractivity contribution < 1.29 is 25.8 Å². The maximum atomic E-state index is 9.39. The third kappa shape index (κ3) is 5.27. The number of phenols is 2. The molecule has 0 aliphatic carbocycles. The van der Waals surface area contributed by atoms with Crippen LogP contribution in [0.4, 0.5) is 0 Å². The third-order valence-corrected chi connectivity index (χ3v) is 3.22. The molecule has 0 atom stereocenters. The number of allylic oxidation sites excluding steroid dienone is 4. The zero-order chi connectivity index (χ0) is 17.2. The number of hydrogen-bond acceptors (Lipinski definition) is 5. The van der Waals surface area contributed by atoms with E-state index in [0.29, 0.717) is 0 Å². The monoisotopic (exact) mass is 316 g/mol. The summed E-state index contributed by atoms with van der Waals surface area (Å²) >= 11 is 0. The summed E-state index contributed by atoms with van der Waals surface area (Å²) in [7, 11) is 0. The SMILES string of the molecule is C/C=C(/C(=C/C)c1ccc(O)cc1)c1ccc(O)cc1.OOO. The van der Waals surface area contributed by atoms with Crippen LogP contribution in [0, 0.1) is 0 Å². The van der Waals surface area contributed by atoms with E-state index in [1.165, 1.54) is 0 Å². The zero-order valence-electron chi connectivity index (χ0n) is 13.0. The molecule has 2 rings (SSSR count). The lowest BCUT2D eigenvalue weighted by molar-refractivity contribution is -0.465. The first-order chi connectivity index (χ1) is 11.1. The van der Waals surface area contributed by atoms with Gasteiger partial charge in [-0.2, -0.15) is 0 Å². The molecule has 0 unspecified atom stereocenters. The lowest BCUT2D eigenvalue weighted by Gasteiger charge is -2.13. The lowest BCUT2D eigenvalue weighted by atomic mass is 9.92. The van der Waals surface area contributed by atoms with Crippen LogP contribution in [-0.4, -0.2) is 20.7 Å². The fourth-order valence-corrected chi connectivity index (χ4v) is 2.24. The molecule has 0 amide bonds. The summed E-state index contributed by atoms with van der Waals surface area (Å²) in [4.78, 5) is 0. The number of rotatable bonds is 3. The van der Waals surface area contributed by atoms with Crippen molar-refractivity contribution in [2.24, 2.45) is 0 Å². The van der Waals surface area contributed by atoms with E-state index in [0.717, 1.165) is 22.3 Å². The minimum absolute atomic E-state index is 0.260. The predicted molar refractivity (Wildman–Crippen MR) is 89.9 cm³/mol. The van der Waals surface area contributed by atoms with E-state index in [1.807, 2.05) is 38.1 Å². The fourth-order valence-electron chi connectivity index (χ4n) is 2.24. The second-order valence-corrected chi connectivity index (χ2v) is 4.58. The summed E-state index contributed by atoms with van der Waals surface area (Å²) in [6.07, 6.45) is 4.10. The van der Waals surface area contributed by atoms with Crippen LogP contribution in [0.1, 0.15) is 25.0 Å². The van der Waals surface area contributed by atoms with Crippen molar-refractivity contribution in [3.63, 3.8) is 0 Å². The quantitative estimate of drug-likeness (QED) is 0.379. The van der Waals surface area contributed by atoms with Crippen molar-refractivity contribution in [3.8, 4) is 11.5 Å². The van der Waals surface area contributed by atoms with Crippen molar-refractivity contribution in [2.45, 2.75) is 13.8 Å². The van der Waals surface area contributed by atoms with Crippen molar-refractivity contribution in [1.29, 1.82) is 0 Å². The Hall–Kier alpha value is -2.60. The molecule has 23 heavy (non-hydrogen) atoms. The van der Waals surface area contributed by atoms with Crippen LogP contribution >= 0.6 is 0 Å². The van der Waals surface area contributed by atoms with Gasteiger partial charge in [-0.3, -0.25) is 0 Å². The average molecular weight is 316 g/mol. The number of phenolic OH excluding ortho intramolecular Hbond substituents is 2. The Balaban J connectivity index is 0.000000816. The standard InChI is InChI=1S/C18H18O2.H2O3/c1-3-17(13-5-9-15(19)10-6-13)18(4-2)14-7-11-16(20)12-8-14;1-3-2/h3-12,19-20H,1-2H3;1-2H/b17-3+,18-4+;. The molecular formula is C18H20O5. The van der Waals surface area contributed by atoms with Crippen LogP contribution in [0.5, 0.6) is 11.5 Å². The van der Waals surface area contributed by atoms with Gasteiger partial charge >= 0.3 is 0 Å².